The van der Waals surface area contributed by atoms with Crippen molar-refractivity contribution in [3.8, 4) is 0 Å². The lowest BCUT2D eigenvalue weighted by Crippen LogP contribution is -2.23. The van der Waals surface area contributed by atoms with Gasteiger partial charge in [-0.2, -0.15) is 0 Å². The number of carbonyl (C=O) groups is 1. The van der Waals surface area contributed by atoms with Gasteiger partial charge in [-0.25, -0.2) is 0 Å². The van der Waals surface area contributed by atoms with Gasteiger partial charge in [-0.05, 0) is 43.7 Å². The number of carbonyl (C=O) groups excluding carboxylic acids is 1. The van der Waals surface area contributed by atoms with Gasteiger partial charge >= 0.3 is 0 Å². The average molecular weight is 390 g/mol. The molecule has 29 heavy (non-hydrogen) atoms. The van der Waals surface area contributed by atoms with Crippen molar-refractivity contribution in [2.75, 3.05) is 12.4 Å². The highest BCUT2D eigenvalue weighted by Gasteiger charge is 2.16. The molecular weight excluding hydrogens is 368 g/mol. The molecule has 2 aromatic carbocycles. The number of aromatic nitrogens is 4. The number of benzene rings is 2. The molecule has 0 saturated heterocycles. The Morgan fingerprint density at radius 1 is 1.10 bits per heavy atom. The standard InChI is InChI=1S/C21H22N6O2/c1-4-26-20(29)15-8-5-6-11-17(15)27-18(24-25-21(26)27)12-23-16-10-7-9-14(13(16)2)19(28)22-3/h5-11,23H,4,12H2,1-3H3,(H,22,28). The number of anilines is 1. The number of para-hydroxylation sites is 1. The number of amides is 1. The zero-order valence-electron chi connectivity index (χ0n) is 16.6. The minimum atomic E-state index is -0.128. The Kier molecular flexibility index (Phi) is 4.75. The topological polar surface area (TPSA) is 93.3 Å². The molecule has 0 radical (unpaired) electrons. The Bertz CT molecular complexity index is 1290. The number of hydrogen-bond donors (Lipinski definition) is 2. The van der Waals surface area contributed by atoms with Crippen LogP contribution in [0, 0.1) is 6.92 Å². The van der Waals surface area contributed by atoms with Crippen LogP contribution in [0.5, 0.6) is 0 Å². The first-order valence-corrected chi connectivity index (χ1v) is 9.48. The van der Waals surface area contributed by atoms with Gasteiger partial charge in [0.25, 0.3) is 11.5 Å². The quantitative estimate of drug-likeness (QED) is 0.546. The first-order valence-electron chi connectivity index (χ1n) is 9.48. The monoisotopic (exact) mass is 390 g/mol. The van der Waals surface area contributed by atoms with Crippen LogP contribution in [0.1, 0.15) is 28.7 Å². The molecule has 2 heterocycles. The van der Waals surface area contributed by atoms with E-state index in [0.717, 1.165) is 16.8 Å². The summed E-state index contributed by atoms with van der Waals surface area (Å²) in [6, 6.07) is 13.0. The molecule has 0 atom stereocenters. The van der Waals surface area contributed by atoms with Crippen molar-refractivity contribution in [2.24, 2.45) is 0 Å². The van der Waals surface area contributed by atoms with Crippen molar-refractivity contribution in [1.82, 2.24) is 24.5 Å². The summed E-state index contributed by atoms with van der Waals surface area (Å²) in [5.41, 5.74) is 3.02. The van der Waals surface area contributed by atoms with E-state index in [1.807, 2.05) is 54.6 Å². The van der Waals surface area contributed by atoms with Crippen LogP contribution in [0.4, 0.5) is 5.69 Å². The van der Waals surface area contributed by atoms with Crippen molar-refractivity contribution in [3.05, 3.63) is 69.8 Å². The average Bonchev–Trinajstić information content (AvgIpc) is 3.17. The van der Waals surface area contributed by atoms with Gasteiger partial charge in [0.05, 0.1) is 17.4 Å². The Hall–Kier alpha value is -3.68. The number of rotatable bonds is 5. The summed E-state index contributed by atoms with van der Waals surface area (Å²) in [6.07, 6.45) is 0. The van der Waals surface area contributed by atoms with Crippen LogP contribution < -0.4 is 16.2 Å². The third kappa shape index (κ3) is 3.02. The molecule has 4 rings (SSSR count). The SMILES string of the molecule is CCn1c(=O)c2ccccc2n2c(CNc3cccc(C(=O)NC)c3C)nnc12. The van der Waals surface area contributed by atoms with E-state index in [1.54, 1.807) is 17.7 Å². The molecule has 0 unspecified atom stereocenters. The first kappa shape index (κ1) is 18.7. The van der Waals surface area contributed by atoms with Crippen molar-refractivity contribution in [2.45, 2.75) is 26.9 Å². The predicted molar refractivity (Wildman–Crippen MR) is 112 cm³/mol. The van der Waals surface area contributed by atoms with Crippen LogP contribution in [0.15, 0.2) is 47.3 Å². The highest BCUT2D eigenvalue weighted by Crippen LogP contribution is 2.20. The van der Waals surface area contributed by atoms with Crippen LogP contribution in [-0.4, -0.2) is 32.1 Å². The predicted octanol–water partition coefficient (Wildman–Crippen LogP) is 2.34. The van der Waals surface area contributed by atoms with Crippen LogP contribution in [0.2, 0.25) is 0 Å². The molecule has 0 fully saturated rings. The Labute approximate surface area is 167 Å². The molecule has 0 aliphatic heterocycles. The number of nitrogens with one attached hydrogen (secondary N) is 2. The molecule has 148 valence electrons. The number of aryl methyl sites for hydroxylation is 1. The molecule has 0 bridgehead atoms. The molecule has 0 aliphatic rings. The minimum Gasteiger partial charge on any atom is -0.377 e. The maximum absolute atomic E-state index is 12.8. The third-order valence-corrected chi connectivity index (χ3v) is 5.13. The number of nitrogens with zero attached hydrogens (tertiary/aromatic N) is 4. The van der Waals surface area contributed by atoms with Crippen molar-refractivity contribution in [1.29, 1.82) is 0 Å². The summed E-state index contributed by atoms with van der Waals surface area (Å²) < 4.78 is 3.53. The van der Waals surface area contributed by atoms with Crippen molar-refractivity contribution < 1.29 is 4.79 Å². The molecule has 0 aliphatic carbocycles. The lowest BCUT2D eigenvalue weighted by atomic mass is 10.1. The number of fused-ring (bicyclic) bond motifs is 3. The van der Waals surface area contributed by atoms with Gasteiger partial charge in [-0.15, -0.1) is 10.2 Å². The fraction of sp³-hybridized carbons (Fsp3) is 0.238. The zero-order valence-corrected chi connectivity index (χ0v) is 16.6. The van der Waals surface area contributed by atoms with Gasteiger partial charge in [0, 0.05) is 24.8 Å². The van der Waals surface area contributed by atoms with Crippen LogP contribution in [-0.2, 0) is 13.1 Å². The van der Waals surface area contributed by atoms with Crippen molar-refractivity contribution >= 4 is 28.3 Å². The smallest absolute Gasteiger partial charge is 0.262 e. The summed E-state index contributed by atoms with van der Waals surface area (Å²) >= 11 is 0. The van der Waals surface area contributed by atoms with E-state index in [2.05, 4.69) is 20.8 Å². The van der Waals surface area contributed by atoms with E-state index in [9.17, 15) is 9.59 Å². The van der Waals surface area contributed by atoms with Crippen LogP contribution in [0.3, 0.4) is 0 Å². The minimum absolute atomic E-state index is 0.0726. The van der Waals surface area contributed by atoms with Gasteiger partial charge < -0.3 is 10.6 Å². The normalized spacial score (nSPS) is 11.1. The summed E-state index contributed by atoms with van der Waals surface area (Å²) in [7, 11) is 1.61. The maximum Gasteiger partial charge on any atom is 0.262 e. The van der Waals surface area contributed by atoms with Crippen LogP contribution in [0.25, 0.3) is 16.7 Å². The molecule has 4 aromatic rings. The molecule has 8 heteroatoms. The van der Waals surface area contributed by atoms with E-state index < -0.39 is 0 Å². The molecule has 8 nitrogen and oxygen atoms in total. The van der Waals surface area contributed by atoms with E-state index in [4.69, 9.17) is 0 Å². The van der Waals surface area contributed by atoms with Gasteiger partial charge in [0.2, 0.25) is 5.78 Å². The second-order valence-electron chi connectivity index (χ2n) is 6.73. The van der Waals surface area contributed by atoms with E-state index in [0.29, 0.717) is 35.6 Å². The largest absolute Gasteiger partial charge is 0.377 e. The summed E-state index contributed by atoms with van der Waals surface area (Å²) in [4.78, 5) is 24.8. The molecule has 0 saturated carbocycles. The second kappa shape index (κ2) is 7.38. The summed E-state index contributed by atoms with van der Waals surface area (Å²) in [6.45, 7) is 4.71. The highest BCUT2D eigenvalue weighted by molar-refractivity contribution is 5.96. The van der Waals surface area contributed by atoms with Gasteiger partial charge in [0.15, 0.2) is 5.82 Å². The number of hydrogen-bond acceptors (Lipinski definition) is 5. The van der Waals surface area contributed by atoms with Gasteiger partial charge in [0.1, 0.15) is 0 Å². The third-order valence-electron chi connectivity index (χ3n) is 5.13. The molecule has 0 spiro atoms. The van der Waals surface area contributed by atoms with Crippen molar-refractivity contribution in [3.63, 3.8) is 0 Å². The fourth-order valence-electron chi connectivity index (χ4n) is 3.60. The maximum atomic E-state index is 12.8. The Morgan fingerprint density at radius 2 is 1.90 bits per heavy atom. The van der Waals surface area contributed by atoms with Gasteiger partial charge in [-0.1, -0.05) is 18.2 Å². The van der Waals surface area contributed by atoms with Crippen LogP contribution >= 0.6 is 0 Å². The summed E-state index contributed by atoms with van der Waals surface area (Å²) in [5, 5.41) is 15.2. The Balaban J connectivity index is 1.78. The molecule has 2 N–H and O–H groups in total. The van der Waals surface area contributed by atoms with E-state index >= 15 is 0 Å². The lowest BCUT2D eigenvalue weighted by Gasteiger charge is -2.13. The zero-order chi connectivity index (χ0) is 20.5. The first-order chi connectivity index (χ1) is 14.1. The highest BCUT2D eigenvalue weighted by atomic mass is 16.1. The second-order valence-corrected chi connectivity index (χ2v) is 6.73. The lowest BCUT2D eigenvalue weighted by molar-refractivity contribution is 0.0962. The van der Waals surface area contributed by atoms with Gasteiger partial charge in [-0.3, -0.25) is 18.6 Å². The van der Waals surface area contributed by atoms with E-state index in [-0.39, 0.29) is 11.5 Å². The fourth-order valence-corrected chi connectivity index (χ4v) is 3.60. The van der Waals surface area contributed by atoms with E-state index in [1.165, 1.54) is 0 Å². The molecular formula is C21H22N6O2. The molecule has 1 amide bonds. The molecule has 2 aromatic heterocycles. The summed E-state index contributed by atoms with van der Waals surface area (Å²) in [5.74, 6) is 1.07. The Morgan fingerprint density at radius 3 is 2.66 bits per heavy atom.